The Morgan fingerprint density at radius 2 is 1.74 bits per heavy atom. The molecule has 0 fully saturated rings. The zero-order chi connectivity index (χ0) is 23.9. The molecule has 0 bridgehead atoms. The molecule has 4 rings (SSSR count). The first kappa shape index (κ1) is 26.2. The highest BCUT2D eigenvalue weighted by molar-refractivity contribution is 5.90. The highest BCUT2D eigenvalue weighted by Crippen LogP contribution is 2.23. The maximum absolute atomic E-state index is 12.6. The molecule has 0 aliphatic rings. The Hall–Kier alpha value is -3.39. The van der Waals surface area contributed by atoms with Crippen molar-refractivity contribution in [1.29, 1.82) is 0 Å². The fourth-order valence-corrected chi connectivity index (χ4v) is 3.82. The molecule has 0 aliphatic heterocycles. The minimum absolute atomic E-state index is 0. The van der Waals surface area contributed by atoms with E-state index in [1.807, 2.05) is 36.4 Å². The van der Waals surface area contributed by atoms with Gasteiger partial charge in [-0.05, 0) is 68.4 Å². The number of primary amides is 1. The van der Waals surface area contributed by atoms with Crippen LogP contribution in [-0.4, -0.2) is 38.2 Å². The summed E-state index contributed by atoms with van der Waals surface area (Å²) in [4.78, 5) is 26.3. The van der Waals surface area contributed by atoms with Crippen LogP contribution in [0.15, 0.2) is 75.9 Å². The van der Waals surface area contributed by atoms with E-state index in [1.54, 1.807) is 37.4 Å². The van der Waals surface area contributed by atoms with Crippen molar-refractivity contribution in [3.63, 3.8) is 0 Å². The Morgan fingerprint density at radius 3 is 2.57 bits per heavy atom. The average molecular weight is 497 g/mol. The van der Waals surface area contributed by atoms with E-state index in [0.29, 0.717) is 40.0 Å². The Bertz CT molecular complexity index is 1350. The van der Waals surface area contributed by atoms with E-state index in [9.17, 15) is 9.59 Å². The molecule has 0 radical (unpaired) electrons. The summed E-state index contributed by atoms with van der Waals surface area (Å²) < 4.78 is 17.0. The number of halogens is 1. The van der Waals surface area contributed by atoms with Gasteiger partial charge < -0.3 is 31.2 Å². The number of para-hydroxylation sites is 1. The second-order valence-electron chi connectivity index (χ2n) is 8.24. The zero-order valence-corrected chi connectivity index (χ0v) is 20.6. The number of benzene rings is 3. The average Bonchev–Trinajstić information content (AvgIpc) is 2.84. The van der Waals surface area contributed by atoms with Crippen molar-refractivity contribution >= 4 is 28.0 Å². The largest absolute Gasteiger partial charge is 1.00 e. The molecular formula is C27H29ClN2O5. The fraction of sp³-hybridized carbons (Fsp3) is 0.259. The van der Waals surface area contributed by atoms with E-state index >= 15 is 0 Å². The molecule has 184 valence electrons. The van der Waals surface area contributed by atoms with Gasteiger partial charge in [0.15, 0.2) is 0 Å². The van der Waals surface area contributed by atoms with E-state index in [4.69, 9.17) is 13.9 Å². The third-order valence-electron chi connectivity index (χ3n) is 5.56. The van der Waals surface area contributed by atoms with Crippen molar-refractivity contribution in [2.24, 2.45) is 0 Å². The van der Waals surface area contributed by atoms with Gasteiger partial charge in [-0.3, -0.25) is 4.79 Å². The number of unbranched alkanes of at least 4 members (excludes halogenated alkanes) is 1. The molecule has 0 atom stereocenters. The second kappa shape index (κ2) is 12.4. The predicted molar refractivity (Wildman–Crippen MR) is 131 cm³/mol. The Labute approximate surface area is 210 Å². The smallest absolute Gasteiger partial charge is 0.517 e. The van der Waals surface area contributed by atoms with Gasteiger partial charge in [-0.2, -0.15) is 4.79 Å². The number of amides is 1. The number of nitrogens with two attached hydrogens (primary N) is 1. The van der Waals surface area contributed by atoms with Gasteiger partial charge in [-0.15, -0.1) is 0 Å². The van der Waals surface area contributed by atoms with E-state index in [2.05, 4.69) is 11.9 Å². The molecule has 0 spiro atoms. The van der Waals surface area contributed by atoms with E-state index in [0.717, 1.165) is 31.5 Å². The summed E-state index contributed by atoms with van der Waals surface area (Å²) in [7, 11) is 3.72. The number of quaternary nitrogens is 1. The first-order valence-electron chi connectivity index (χ1n) is 11.4. The van der Waals surface area contributed by atoms with Crippen LogP contribution in [0.2, 0.25) is 0 Å². The van der Waals surface area contributed by atoms with Crippen LogP contribution in [0.4, 0.5) is 4.79 Å². The lowest BCUT2D eigenvalue weighted by molar-refractivity contribution is -0.535. The molecule has 35 heavy (non-hydrogen) atoms. The molecule has 0 saturated heterocycles. The van der Waals surface area contributed by atoms with Gasteiger partial charge >= 0.3 is 6.09 Å². The molecule has 7 nitrogen and oxygen atoms in total. The third-order valence-corrected chi connectivity index (χ3v) is 5.56. The summed E-state index contributed by atoms with van der Waals surface area (Å²) in [5, 5.41) is 2.54. The number of carbonyl (C=O) groups excluding carboxylic acids is 1. The SMILES string of the molecule is C[NH2+]C(=O)Oc1cccc(CN(C)CCCCOc2ccc3c(=O)c4ccccc4oc3c2)c1.[Cl-]. The topological polar surface area (TPSA) is 85.6 Å². The molecule has 0 saturated carbocycles. The minimum atomic E-state index is -0.354. The second-order valence-corrected chi connectivity index (χ2v) is 8.24. The Morgan fingerprint density at radius 1 is 0.943 bits per heavy atom. The number of ether oxygens (including phenoxy) is 2. The lowest BCUT2D eigenvalue weighted by atomic mass is 10.1. The number of nitrogens with zero attached hydrogens (tertiary/aromatic N) is 1. The number of hydrogen-bond donors (Lipinski definition) is 1. The van der Waals surface area contributed by atoms with E-state index in [-0.39, 0.29) is 23.9 Å². The molecule has 2 N–H and O–H groups in total. The highest BCUT2D eigenvalue weighted by Gasteiger charge is 2.09. The van der Waals surface area contributed by atoms with Gasteiger partial charge in [-0.25, -0.2) is 5.32 Å². The standard InChI is InChI=1S/C27H28N2O5.ClH/c1-28-27(31)33-21-9-7-8-19(16-21)18-29(2)14-5-6-15-32-20-12-13-23-25(17-20)34-24-11-4-3-10-22(24)26(23)30;/h3-4,7-13,16-17H,5-6,14-15,18H2,1-2H3,(H,28,31);1H. The number of hydrogen-bond acceptors (Lipinski definition) is 6. The molecule has 8 heteroatoms. The summed E-state index contributed by atoms with van der Waals surface area (Å²) in [5.41, 5.74) is 2.17. The highest BCUT2D eigenvalue weighted by atomic mass is 35.5. The van der Waals surface area contributed by atoms with Crippen LogP contribution in [0.25, 0.3) is 21.9 Å². The third kappa shape index (κ3) is 6.82. The van der Waals surface area contributed by atoms with Crippen LogP contribution in [0.5, 0.6) is 11.5 Å². The molecule has 3 aromatic carbocycles. The minimum Gasteiger partial charge on any atom is -1.00 e. The van der Waals surface area contributed by atoms with Crippen molar-refractivity contribution < 1.29 is 36.4 Å². The quantitative estimate of drug-likeness (QED) is 0.274. The normalized spacial score (nSPS) is 10.9. The molecule has 1 heterocycles. The van der Waals surface area contributed by atoms with Crippen LogP contribution in [-0.2, 0) is 6.54 Å². The summed E-state index contributed by atoms with van der Waals surface area (Å²) in [6, 6.07) is 20.2. The fourth-order valence-electron chi connectivity index (χ4n) is 3.82. The van der Waals surface area contributed by atoms with Crippen molar-refractivity contribution in [2.45, 2.75) is 19.4 Å². The molecule has 1 amide bonds. The maximum Gasteiger partial charge on any atom is 0.517 e. The first-order valence-corrected chi connectivity index (χ1v) is 11.4. The van der Waals surface area contributed by atoms with Gasteiger partial charge in [0.25, 0.3) is 0 Å². The van der Waals surface area contributed by atoms with E-state index < -0.39 is 0 Å². The van der Waals surface area contributed by atoms with Gasteiger partial charge in [0.2, 0.25) is 5.43 Å². The summed E-state index contributed by atoms with van der Waals surface area (Å²) in [6.07, 6.45) is 1.52. The van der Waals surface area contributed by atoms with Crippen molar-refractivity contribution in [3.05, 3.63) is 82.5 Å². The lowest BCUT2D eigenvalue weighted by Gasteiger charge is -2.17. The molecule has 0 unspecified atom stereocenters. The van der Waals surface area contributed by atoms with E-state index in [1.165, 1.54) is 5.32 Å². The van der Waals surface area contributed by atoms with Crippen molar-refractivity contribution in [3.8, 4) is 11.5 Å². The lowest BCUT2D eigenvalue weighted by Crippen LogP contribution is -3.00. The maximum atomic E-state index is 12.6. The van der Waals surface area contributed by atoms with Crippen molar-refractivity contribution in [1.82, 2.24) is 4.90 Å². The predicted octanol–water partition coefficient (Wildman–Crippen LogP) is 0.933. The summed E-state index contributed by atoms with van der Waals surface area (Å²) in [5.74, 6) is 1.25. The Kier molecular flexibility index (Phi) is 9.25. The van der Waals surface area contributed by atoms with Gasteiger partial charge in [0.05, 0.1) is 24.4 Å². The van der Waals surface area contributed by atoms with Crippen molar-refractivity contribution in [2.75, 3.05) is 27.2 Å². The first-order chi connectivity index (χ1) is 16.5. The van der Waals surface area contributed by atoms with Gasteiger partial charge in [-0.1, -0.05) is 24.3 Å². The Balaban J connectivity index is 0.00000342. The monoisotopic (exact) mass is 496 g/mol. The number of carbonyl (C=O) groups is 1. The molecule has 4 aromatic rings. The summed E-state index contributed by atoms with van der Waals surface area (Å²) in [6.45, 7) is 2.25. The van der Waals surface area contributed by atoms with Crippen LogP contribution in [0.1, 0.15) is 18.4 Å². The number of rotatable bonds is 9. The molecule has 0 aliphatic carbocycles. The molecular weight excluding hydrogens is 468 g/mol. The number of fused-ring (bicyclic) bond motifs is 2. The van der Waals surface area contributed by atoms with Crippen LogP contribution in [0.3, 0.4) is 0 Å². The van der Waals surface area contributed by atoms with Crippen LogP contribution in [0, 0.1) is 0 Å². The van der Waals surface area contributed by atoms with Crippen LogP contribution < -0.4 is 32.6 Å². The van der Waals surface area contributed by atoms with Gasteiger partial charge in [0.1, 0.15) is 22.7 Å². The zero-order valence-electron chi connectivity index (χ0n) is 19.8. The summed E-state index contributed by atoms with van der Waals surface area (Å²) >= 11 is 0. The van der Waals surface area contributed by atoms with Gasteiger partial charge in [0, 0.05) is 12.6 Å². The van der Waals surface area contributed by atoms with Crippen LogP contribution >= 0.6 is 0 Å². The molecule has 1 aromatic heterocycles.